The number of halogens is 2. The van der Waals surface area contributed by atoms with E-state index in [-0.39, 0.29) is 5.75 Å². The van der Waals surface area contributed by atoms with Gasteiger partial charge in [-0.1, -0.05) is 13.0 Å². The van der Waals surface area contributed by atoms with Gasteiger partial charge in [-0.25, -0.2) is 0 Å². The van der Waals surface area contributed by atoms with E-state index in [1.165, 1.54) is 7.11 Å². The van der Waals surface area contributed by atoms with Crippen molar-refractivity contribution in [3.63, 3.8) is 0 Å². The van der Waals surface area contributed by atoms with Crippen molar-refractivity contribution in [2.75, 3.05) is 26.7 Å². The maximum absolute atomic E-state index is 12.4. The molecule has 1 heterocycles. The first-order valence-electron chi connectivity index (χ1n) is 6.70. The van der Waals surface area contributed by atoms with Gasteiger partial charge in [0.25, 0.3) is 0 Å². The van der Waals surface area contributed by atoms with Gasteiger partial charge in [0.05, 0.1) is 7.11 Å². The molecule has 0 amide bonds. The Morgan fingerprint density at radius 1 is 1.35 bits per heavy atom. The minimum Gasteiger partial charge on any atom is -0.493 e. The summed E-state index contributed by atoms with van der Waals surface area (Å²) in [7, 11) is 1.44. The summed E-state index contributed by atoms with van der Waals surface area (Å²) in [4.78, 5) is 2.31. The number of hydrogen-bond acceptors (Lipinski definition) is 4. The van der Waals surface area contributed by atoms with Crippen LogP contribution in [0.25, 0.3) is 0 Å². The first-order chi connectivity index (χ1) is 9.63. The van der Waals surface area contributed by atoms with Crippen molar-refractivity contribution < 1.29 is 18.3 Å². The number of hydrogen-bond donors (Lipinski definition) is 1. The minimum atomic E-state index is -2.85. The molecule has 112 valence electrons. The Hall–Kier alpha value is -1.40. The summed E-state index contributed by atoms with van der Waals surface area (Å²) in [6, 6.07) is 5.69. The molecule has 1 aliphatic heterocycles. The largest absolute Gasteiger partial charge is 0.493 e. The van der Waals surface area contributed by atoms with Gasteiger partial charge >= 0.3 is 6.61 Å². The lowest BCUT2D eigenvalue weighted by molar-refractivity contribution is -0.0512. The van der Waals surface area contributed by atoms with Crippen molar-refractivity contribution in [1.82, 2.24) is 10.2 Å². The van der Waals surface area contributed by atoms with Crippen molar-refractivity contribution in [3.8, 4) is 11.5 Å². The van der Waals surface area contributed by atoms with Crippen LogP contribution in [0.4, 0.5) is 8.78 Å². The highest BCUT2D eigenvalue weighted by molar-refractivity contribution is 5.43. The highest BCUT2D eigenvalue weighted by atomic mass is 19.3. The van der Waals surface area contributed by atoms with Gasteiger partial charge < -0.3 is 14.8 Å². The first-order valence-corrected chi connectivity index (χ1v) is 6.70. The fraction of sp³-hybridized carbons (Fsp3) is 0.571. The molecule has 0 aliphatic carbocycles. The van der Waals surface area contributed by atoms with Crippen LogP contribution in [0.2, 0.25) is 0 Å². The summed E-state index contributed by atoms with van der Waals surface area (Å²) in [6.07, 6.45) is 0. The topological polar surface area (TPSA) is 33.7 Å². The van der Waals surface area contributed by atoms with E-state index < -0.39 is 6.61 Å². The van der Waals surface area contributed by atoms with E-state index in [1.807, 2.05) is 6.07 Å². The lowest BCUT2D eigenvalue weighted by atomic mass is 10.1. The summed E-state index contributed by atoms with van der Waals surface area (Å²) in [6.45, 7) is 2.83. The quantitative estimate of drug-likeness (QED) is 0.832. The van der Waals surface area contributed by atoms with Gasteiger partial charge in [0.2, 0.25) is 0 Å². The monoisotopic (exact) mass is 286 g/mol. The summed E-state index contributed by atoms with van der Waals surface area (Å²) >= 11 is 0. The molecule has 0 aromatic heterocycles. The Bertz CT molecular complexity index is 439. The normalized spacial score (nSPS) is 15.5. The zero-order valence-electron chi connectivity index (χ0n) is 11.7. The molecule has 1 aromatic carbocycles. The Labute approximate surface area is 117 Å². The average Bonchev–Trinajstić information content (AvgIpc) is 2.35. The molecule has 0 atom stereocenters. The Kier molecular flexibility index (Phi) is 5.14. The van der Waals surface area contributed by atoms with Crippen molar-refractivity contribution >= 4 is 0 Å². The van der Waals surface area contributed by atoms with Gasteiger partial charge in [0.15, 0.2) is 11.5 Å². The molecular weight excluding hydrogens is 266 g/mol. The van der Waals surface area contributed by atoms with E-state index in [1.54, 1.807) is 12.1 Å². The van der Waals surface area contributed by atoms with Gasteiger partial charge in [-0.15, -0.1) is 0 Å². The Morgan fingerprint density at radius 3 is 2.60 bits per heavy atom. The van der Waals surface area contributed by atoms with Crippen LogP contribution in [-0.4, -0.2) is 44.3 Å². The van der Waals surface area contributed by atoms with Gasteiger partial charge in [-0.3, -0.25) is 4.90 Å². The van der Waals surface area contributed by atoms with Gasteiger partial charge in [0, 0.05) is 25.7 Å². The Morgan fingerprint density at radius 2 is 2.10 bits per heavy atom. The van der Waals surface area contributed by atoms with Gasteiger partial charge in [0.1, 0.15) is 0 Å². The number of alkyl halides is 2. The average molecular weight is 286 g/mol. The van der Waals surface area contributed by atoms with Gasteiger partial charge in [-0.05, 0) is 24.2 Å². The molecule has 1 fully saturated rings. The number of nitrogens with zero attached hydrogens (tertiary/aromatic N) is 1. The number of rotatable bonds is 7. The molecule has 2 rings (SSSR count). The molecule has 0 radical (unpaired) electrons. The SMILES string of the molecule is CCN(Cc1ccc(OC)c(OC(F)F)c1)C1CNC1. The number of likely N-dealkylation sites (N-methyl/N-ethyl adjacent to an activating group) is 1. The fourth-order valence-corrected chi connectivity index (χ4v) is 2.27. The number of ether oxygens (including phenoxy) is 2. The van der Waals surface area contributed by atoms with E-state index in [2.05, 4.69) is 21.9 Å². The molecule has 20 heavy (non-hydrogen) atoms. The summed E-state index contributed by atoms with van der Waals surface area (Å²) in [5, 5.41) is 3.23. The van der Waals surface area contributed by atoms with Crippen LogP contribution in [0, 0.1) is 0 Å². The highest BCUT2D eigenvalue weighted by Gasteiger charge is 2.23. The number of benzene rings is 1. The number of nitrogens with one attached hydrogen (secondary N) is 1. The summed E-state index contributed by atoms with van der Waals surface area (Å²) in [5.41, 5.74) is 0.940. The summed E-state index contributed by atoms with van der Waals surface area (Å²) < 4.78 is 34.3. The van der Waals surface area contributed by atoms with E-state index in [4.69, 9.17) is 4.74 Å². The lowest BCUT2D eigenvalue weighted by Gasteiger charge is -2.37. The molecular formula is C14H20F2N2O2. The molecule has 6 heteroatoms. The van der Waals surface area contributed by atoms with Crippen LogP contribution in [0.1, 0.15) is 12.5 Å². The third-order valence-electron chi connectivity index (χ3n) is 3.51. The van der Waals surface area contributed by atoms with E-state index in [9.17, 15) is 8.78 Å². The second kappa shape index (κ2) is 6.85. The van der Waals surface area contributed by atoms with E-state index in [0.29, 0.717) is 18.3 Å². The minimum absolute atomic E-state index is 0.0859. The van der Waals surface area contributed by atoms with Crippen LogP contribution in [0.3, 0.4) is 0 Å². The first kappa shape index (κ1) is 15.0. The van der Waals surface area contributed by atoms with Crippen molar-refractivity contribution in [2.45, 2.75) is 26.1 Å². The molecule has 0 bridgehead atoms. The standard InChI is InChI=1S/C14H20F2N2O2/c1-3-18(11-7-17-8-11)9-10-4-5-12(19-2)13(6-10)20-14(15)16/h4-6,11,14,17H,3,7-9H2,1-2H3. The molecule has 1 saturated heterocycles. The lowest BCUT2D eigenvalue weighted by Crippen LogP contribution is -2.56. The molecule has 1 aliphatic rings. The molecule has 0 saturated carbocycles. The predicted molar refractivity (Wildman–Crippen MR) is 72.4 cm³/mol. The molecule has 1 N–H and O–H groups in total. The fourth-order valence-electron chi connectivity index (χ4n) is 2.27. The van der Waals surface area contributed by atoms with Crippen molar-refractivity contribution in [1.29, 1.82) is 0 Å². The van der Waals surface area contributed by atoms with Crippen molar-refractivity contribution in [2.24, 2.45) is 0 Å². The van der Waals surface area contributed by atoms with Crippen LogP contribution >= 0.6 is 0 Å². The maximum atomic E-state index is 12.4. The van der Waals surface area contributed by atoms with E-state index in [0.717, 1.165) is 25.2 Å². The third kappa shape index (κ3) is 3.58. The second-order valence-electron chi connectivity index (χ2n) is 4.74. The zero-order chi connectivity index (χ0) is 14.5. The second-order valence-corrected chi connectivity index (χ2v) is 4.74. The molecule has 0 spiro atoms. The third-order valence-corrected chi connectivity index (χ3v) is 3.51. The smallest absolute Gasteiger partial charge is 0.387 e. The predicted octanol–water partition coefficient (Wildman–Crippen LogP) is 2.09. The van der Waals surface area contributed by atoms with Crippen LogP contribution < -0.4 is 14.8 Å². The van der Waals surface area contributed by atoms with E-state index >= 15 is 0 Å². The maximum Gasteiger partial charge on any atom is 0.387 e. The molecule has 0 unspecified atom stereocenters. The Balaban J connectivity index is 2.10. The highest BCUT2D eigenvalue weighted by Crippen LogP contribution is 2.30. The zero-order valence-corrected chi connectivity index (χ0v) is 11.7. The van der Waals surface area contributed by atoms with Crippen LogP contribution in [0.15, 0.2) is 18.2 Å². The molecule has 4 nitrogen and oxygen atoms in total. The summed E-state index contributed by atoms with van der Waals surface area (Å²) in [5.74, 6) is 0.408. The van der Waals surface area contributed by atoms with Crippen molar-refractivity contribution in [3.05, 3.63) is 23.8 Å². The molecule has 1 aromatic rings. The number of methoxy groups -OCH3 is 1. The van der Waals surface area contributed by atoms with Gasteiger partial charge in [-0.2, -0.15) is 8.78 Å². The van der Waals surface area contributed by atoms with Crippen LogP contribution in [-0.2, 0) is 6.54 Å². The van der Waals surface area contributed by atoms with Crippen LogP contribution in [0.5, 0.6) is 11.5 Å².